The van der Waals surface area contributed by atoms with Gasteiger partial charge in [0.1, 0.15) is 17.3 Å². The number of hydrogen-bond acceptors (Lipinski definition) is 4. The number of carboxylic acids is 1. The number of para-hydroxylation sites is 2. The van der Waals surface area contributed by atoms with Gasteiger partial charge >= 0.3 is 5.97 Å². The number of H-pyrrole nitrogens is 1. The lowest BCUT2D eigenvalue weighted by molar-refractivity contribution is -0.136. The van der Waals surface area contributed by atoms with Crippen LogP contribution in [0.2, 0.25) is 5.02 Å². The first-order valence-electron chi connectivity index (χ1n) is 9.98. The van der Waals surface area contributed by atoms with Crippen LogP contribution in [0.5, 0.6) is 11.5 Å². The second kappa shape index (κ2) is 9.53. The summed E-state index contributed by atoms with van der Waals surface area (Å²) in [5.41, 5.74) is 3.08. The van der Waals surface area contributed by atoms with Crippen LogP contribution < -0.4 is 10.1 Å². The Hall–Kier alpha value is -3.84. The number of carboxylic acid groups (broad SMARTS) is 1. The number of aromatic amines is 1. The highest BCUT2D eigenvalue weighted by Crippen LogP contribution is 2.31. The number of ether oxygens (including phenoxy) is 1. The molecule has 32 heavy (non-hydrogen) atoms. The number of imidazole rings is 1. The minimum absolute atomic E-state index is 0.106. The smallest absolute Gasteiger partial charge is 0.307 e. The second-order valence-electron chi connectivity index (χ2n) is 7.21. The number of aliphatic carboxylic acids is 1. The predicted octanol–water partition coefficient (Wildman–Crippen LogP) is 5.21. The average molecular weight is 450 g/mol. The van der Waals surface area contributed by atoms with Crippen molar-refractivity contribution in [1.29, 1.82) is 0 Å². The third-order valence-electron chi connectivity index (χ3n) is 4.74. The van der Waals surface area contributed by atoms with Crippen LogP contribution in [-0.2, 0) is 22.4 Å². The van der Waals surface area contributed by atoms with E-state index in [0.29, 0.717) is 40.6 Å². The van der Waals surface area contributed by atoms with E-state index >= 15 is 0 Å². The van der Waals surface area contributed by atoms with Gasteiger partial charge in [0.15, 0.2) is 0 Å². The molecule has 1 aromatic heterocycles. The molecule has 0 saturated carbocycles. The minimum Gasteiger partial charge on any atom is -0.481 e. The number of nitrogens with zero attached hydrogens (tertiary/aromatic N) is 1. The Morgan fingerprint density at radius 3 is 2.56 bits per heavy atom. The predicted molar refractivity (Wildman–Crippen MR) is 122 cm³/mol. The van der Waals surface area contributed by atoms with Gasteiger partial charge in [-0.15, -0.1) is 0 Å². The number of aromatic nitrogens is 2. The van der Waals surface area contributed by atoms with Crippen molar-refractivity contribution in [2.75, 3.05) is 5.32 Å². The largest absolute Gasteiger partial charge is 0.481 e. The summed E-state index contributed by atoms with van der Waals surface area (Å²) in [6, 6.07) is 19.5. The number of amides is 1. The molecule has 3 aromatic carbocycles. The Morgan fingerprint density at radius 1 is 1.06 bits per heavy atom. The maximum atomic E-state index is 12.3. The SMILES string of the molecule is O=C(O)Cc1ccc(Oc2ccc(NC(=O)CCc3nc4ccccc4[nH]3)cc2)c(Cl)c1. The van der Waals surface area contributed by atoms with Crippen molar-refractivity contribution in [1.82, 2.24) is 9.97 Å². The first kappa shape index (κ1) is 21.4. The van der Waals surface area contributed by atoms with Crippen LogP contribution in [0, 0.1) is 0 Å². The number of nitrogens with one attached hydrogen (secondary N) is 2. The van der Waals surface area contributed by atoms with Gasteiger partial charge in [0.2, 0.25) is 5.91 Å². The highest BCUT2D eigenvalue weighted by Gasteiger charge is 2.09. The number of aryl methyl sites for hydroxylation is 1. The number of fused-ring (bicyclic) bond motifs is 1. The molecule has 162 valence electrons. The third kappa shape index (κ3) is 5.44. The third-order valence-corrected chi connectivity index (χ3v) is 5.04. The molecule has 0 aliphatic heterocycles. The van der Waals surface area contributed by atoms with Crippen molar-refractivity contribution in [2.24, 2.45) is 0 Å². The van der Waals surface area contributed by atoms with Crippen LogP contribution in [-0.4, -0.2) is 27.0 Å². The molecule has 0 fully saturated rings. The van der Waals surface area contributed by atoms with E-state index in [1.54, 1.807) is 42.5 Å². The lowest BCUT2D eigenvalue weighted by Crippen LogP contribution is -2.12. The zero-order valence-electron chi connectivity index (χ0n) is 17.0. The van der Waals surface area contributed by atoms with Gasteiger partial charge in [-0.1, -0.05) is 29.8 Å². The van der Waals surface area contributed by atoms with Crippen LogP contribution in [0.15, 0.2) is 66.7 Å². The fourth-order valence-electron chi connectivity index (χ4n) is 3.22. The van der Waals surface area contributed by atoms with Crippen molar-refractivity contribution < 1.29 is 19.4 Å². The summed E-state index contributed by atoms with van der Waals surface area (Å²) >= 11 is 6.19. The Kier molecular flexibility index (Phi) is 6.37. The van der Waals surface area contributed by atoms with Crippen LogP contribution >= 0.6 is 11.6 Å². The number of carbonyl (C=O) groups is 2. The molecule has 4 rings (SSSR count). The molecular weight excluding hydrogens is 430 g/mol. The maximum Gasteiger partial charge on any atom is 0.307 e. The van der Waals surface area contributed by atoms with Crippen LogP contribution in [0.3, 0.4) is 0 Å². The first-order chi connectivity index (χ1) is 15.5. The lowest BCUT2D eigenvalue weighted by atomic mass is 10.1. The summed E-state index contributed by atoms with van der Waals surface area (Å²) in [5, 5.41) is 12.0. The molecule has 0 aliphatic carbocycles. The number of carbonyl (C=O) groups excluding carboxylic acids is 1. The van der Waals surface area contributed by atoms with E-state index in [9.17, 15) is 9.59 Å². The zero-order valence-corrected chi connectivity index (χ0v) is 17.7. The molecule has 8 heteroatoms. The van der Waals surface area contributed by atoms with Gasteiger partial charge < -0.3 is 20.1 Å². The standard InChI is InChI=1S/C24H20ClN3O4/c25-18-13-15(14-24(30)31)5-10-21(18)32-17-8-6-16(7-9-17)26-23(29)12-11-22-27-19-3-1-2-4-20(19)28-22/h1-10,13H,11-12,14H2,(H,26,29)(H,27,28)(H,30,31). The highest BCUT2D eigenvalue weighted by molar-refractivity contribution is 6.32. The van der Waals surface area contributed by atoms with E-state index in [1.165, 1.54) is 0 Å². The van der Waals surface area contributed by atoms with Gasteiger partial charge in [0.05, 0.1) is 22.5 Å². The molecule has 0 saturated heterocycles. The minimum atomic E-state index is -0.926. The van der Waals surface area contributed by atoms with Gasteiger partial charge in [0, 0.05) is 18.5 Å². The van der Waals surface area contributed by atoms with Crippen LogP contribution in [0.25, 0.3) is 11.0 Å². The molecule has 0 unspecified atom stereocenters. The van der Waals surface area contributed by atoms with Crippen molar-refractivity contribution in [3.8, 4) is 11.5 Å². The molecule has 7 nitrogen and oxygen atoms in total. The Bertz CT molecular complexity index is 1230. The van der Waals surface area contributed by atoms with E-state index in [4.69, 9.17) is 21.4 Å². The highest BCUT2D eigenvalue weighted by atomic mass is 35.5. The van der Waals surface area contributed by atoms with Crippen molar-refractivity contribution in [3.05, 3.63) is 83.1 Å². The fourth-order valence-corrected chi connectivity index (χ4v) is 3.47. The van der Waals surface area contributed by atoms with Crippen LogP contribution in [0.1, 0.15) is 17.8 Å². The number of rotatable bonds is 8. The number of anilines is 1. The Balaban J connectivity index is 1.31. The summed E-state index contributed by atoms with van der Waals surface area (Å²) < 4.78 is 5.76. The normalized spacial score (nSPS) is 10.8. The molecule has 3 N–H and O–H groups in total. The second-order valence-corrected chi connectivity index (χ2v) is 7.62. The van der Waals surface area contributed by atoms with E-state index in [0.717, 1.165) is 16.9 Å². The van der Waals surface area contributed by atoms with Crippen molar-refractivity contribution in [3.63, 3.8) is 0 Å². The van der Waals surface area contributed by atoms with Gasteiger partial charge in [-0.25, -0.2) is 4.98 Å². The maximum absolute atomic E-state index is 12.3. The topological polar surface area (TPSA) is 104 Å². The number of hydrogen-bond donors (Lipinski definition) is 3. The Morgan fingerprint density at radius 2 is 1.84 bits per heavy atom. The number of halogens is 1. The summed E-state index contributed by atoms with van der Waals surface area (Å²) in [6.07, 6.45) is 0.708. The number of benzene rings is 3. The molecule has 0 radical (unpaired) electrons. The molecule has 0 atom stereocenters. The van der Waals surface area contributed by atoms with Crippen molar-refractivity contribution >= 4 is 40.2 Å². The fraction of sp³-hybridized carbons (Fsp3) is 0.125. The lowest BCUT2D eigenvalue weighted by Gasteiger charge is -2.10. The van der Waals surface area contributed by atoms with E-state index in [1.807, 2.05) is 24.3 Å². The molecule has 0 bridgehead atoms. The van der Waals surface area contributed by atoms with Crippen LogP contribution in [0.4, 0.5) is 5.69 Å². The Labute approximate surface area is 189 Å². The monoisotopic (exact) mass is 449 g/mol. The first-order valence-corrected chi connectivity index (χ1v) is 10.4. The van der Waals surface area contributed by atoms with Gasteiger partial charge in [-0.2, -0.15) is 0 Å². The van der Waals surface area contributed by atoms with Gasteiger partial charge in [-0.3, -0.25) is 9.59 Å². The quantitative estimate of drug-likeness (QED) is 0.342. The molecule has 1 amide bonds. The van der Waals surface area contributed by atoms with E-state index < -0.39 is 5.97 Å². The zero-order chi connectivity index (χ0) is 22.5. The average Bonchev–Trinajstić information content (AvgIpc) is 3.18. The molecule has 4 aromatic rings. The van der Waals surface area contributed by atoms with Gasteiger partial charge in [-0.05, 0) is 54.1 Å². The summed E-state index contributed by atoms with van der Waals surface area (Å²) in [4.78, 5) is 30.8. The summed E-state index contributed by atoms with van der Waals surface area (Å²) in [7, 11) is 0. The van der Waals surface area contributed by atoms with Gasteiger partial charge in [0.25, 0.3) is 0 Å². The molecular formula is C24H20ClN3O4. The summed E-state index contributed by atoms with van der Waals surface area (Å²) in [6.45, 7) is 0. The summed E-state index contributed by atoms with van der Waals surface area (Å²) in [5.74, 6) is 0.694. The molecule has 0 spiro atoms. The van der Waals surface area contributed by atoms with Crippen molar-refractivity contribution in [2.45, 2.75) is 19.3 Å². The van der Waals surface area contributed by atoms with E-state index in [-0.39, 0.29) is 12.3 Å². The van der Waals surface area contributed by atoms with E-state index in [2.05, 4.69) is 15.3 Å². The molecule has 1 heterocycles. The molecule has 0 aliphatic rings.